The Morgan fingerprint density at radius 3 is 2.63 bits per heavy atom. The van der Waals surface area contributed by atoms with Crippen molar-refractivity contribution in [2.45, 2.75) is 39.7 Å². The second kappa shape index (κ2) is 7.19. The lowest BCUT2D eigenvalue weighted by Gasteiger charge is -2.22. The number of hydrogen-bond acceptors (Lipinski definition) is 3. The predicted molar refractivity (Wildman–Crippen MR) is 73.7 cm³/mol. The van der Waals surface area contributed by atoms with Crippen molar-refractivity contribution < 1.29 is 9.31 Å². The summed E-state index contributed by atoms with van der Waals surface area (Å²) in [7, 11) is 0. The Hall–Kier alpha value is -1.49. The summed E-state index contributed by atoms with van der Waals surface area (Å²) in [5.74, 6) is -0.214. The lowest BCUT2D eigenvalue weighted by atomic mass is 9.95. The van der Waals surface area contributed by atoms with Gasteiger partial charge in [0.05, 0.1) is 11.0 Å². The highest BCUT2D eigenvalue weighted by molar-refractivity contribution is 5.41. The van der Waals surface area contributed by atoms with Crippen molar-refractivity contribution in [1.29, 1.82) is 0 Å². The molecule has 106 valence electrons. The summed E-state index contributed by atoms with van der Waals surface area (Å²) in [5, 5.41) is 14.3. The molecule has 0 radical (unpaired) electrons. The molecule has 1 unspecified atom stereocenters. The predicted octanol–water partition coefficient (Wildman–Crippen LogP) is 3.30. The second-order valence-corrected chi connectivity index (χ2v) is 5.04. The fraction of sp³-hybridized carbons (Fsp3) is 0.571. The van der Waals surface area contributed by atoms with E-state index in [1.165, 1.54) is 12.1 Å². The largest absolute Gasteiger partial charge is 0.313 e. The SMILES string of the molecule is CCCNC(Cc1ccc(F)cc1[N+](=O)[O-])C(C)C. The summed E-state index contributed by atoms with van der Waals surface area (Å²) in [6, 6.07) is 3.94. The number of nitrogens with zero attached hydrogens (tertiary/aromatic N) is 1. The Morgan fingerprint density at radius 1 is 1.42 bits per heavy atom. The zero-order chi connectivity index (χ0) is 14.4. The van der Waals surface area contributed by atoms with E-state index in [-0.39, 0.29) is 11.7 Å². The summed E-state index contributed by atoms with van der Waals surface area (Å²) in [6.45, 7) is 7.09. The van der Waals surface area contributed by atoms with Gasteiger partial charge in [-0.1, -0.05) is 20.8 Å². The lowest BCUT2D eigenvalue weighted by molar-refractivity contribution is -0.385. The molecule has 0 aromatic heterocycles. The summed E-state index contributed by atoms with van der Waals surface area (Å²) in [4.78, 5) is 10.4. The number of halogens is 1. The molecule has 19 heavy (non-hydrogen) atoms. The fourth-order valence-electron chi connectivity index (χ4n) is 1.99. The van der Waals surface area contributed by atoms with Crippen LogP contribution in [0.2, 0.25) is 0 Å². The molecule has 0 aliphatic heterocycles. The smallest absolute Gasteiger partial charge is 0.275 e. The molecule has 4 nitrogen and oxygen atoms in total. The van der Waals surface area contributed by atoms with Gasteiger partial charge < -0.3 is 5.32 Å². The van der Waals surface area contributed by atoms with E-state index in [0.29, 0.717) is 17.9 Å². The third-order valence-corrected chi connectivity index (χ3v) is 3.15. The van der Waals surface area contributed by atoms with Crippen LogP contribution < -0.4 is 5.32 Å². The first-order valence-corrected chi connectivity index (χ1v) is 6.61. The van der Waals surface area contributed by atoms with Gasteiger partial charge in [-0.25, -0.2) is 4.39 Å². The van der Waals surface area contributed by atoms with Crippen molar-refractivity contribution in [1.82, 2.24) is 5.32 Å². The Balaban J connectivity index is 2.92. The highest BCUT2D eigenvalue weighted by atomic mass is 19.1. The second-order valence-electron chi connectivity index (χ2n) is 5.04. The van der Waals surface area contributed by atoms with Crippen LogP contribution in [-0.2, 0) is 6.42 Å². The van der Waals surface area contributed by atoms with Gasteiger partial charge in [0, 0.05) is 11.6 Å². The van der Waals surface area contributed by atoms with Crippen LogP contribution in [0, 0.1) is 21.8 Å². The van der Waals surface area contributed by atoms with Crippen LogP contribution >= 0.6 is 0 Å². The quantitative estimate of drug-likeness (QED) is 0.609. The Kier molecular flexibility index (Phi) is 5.89. The first-order valence-electron chi connectivity index (χ1n) is 6.61. The third-order valence-electron chi connectivity index (χ3n) is 3.15. The number of hydrogen-bond donors (Lipinski definition) is 1. The Morgan fingerprint density at radius 2 is 2.11 bits per heavy atom. The maximum atomic E-state index is 13.1. The summed E-state index contributed by atoms with van der Waals surface area (Å²) < 4.78 is 13.1. The molecule has 0 spiro atoms. The fourth-order valence-corrected chi connectivity index (χ4v) is 1.99. The number of nitro benzene ring substituents is 1. The van der Waals surface area contributed by atoms with Crippen LogP contribution in [0.15, 0.2) is 18.2 Å². The van der Waals surface area contributed by atoms with Gasteiger partial charge in [-0.05, 0) is 37.4 Å². The van der Waals surface area contributed by atoms with E-state index in [2.05, 4.69) is 26.1 Å². The number of rotatable bonds is 7. The first-order chi connectivity index (χ1) is 8.95. The van der Waals surface area contributed by atoms with Crippen LogP contribution in [0.3, 0.4) is 0 Å². The molecule has 0 amide bonds. The van der Waals surface area contributed by atoms with Crippen molar-refractivity contribution in [3.05, 3.63) is 39.7 Å². The first kappa shape index (κ1) is 15.6. The minimum absolute atomic E-state index is 0.135. The maximum absolute atomic E-state index is 13.1. The van der Waals surface area contributed by atoms with Crippen molar-refractivity contribution in [2.24, 2.45) is 5.92 Å². The molecular formula is C14H21FN2O2. The third kappa shape index (κ3) is 4.59. The monoisotopic (exact) mass is 268 g/mol. The zero-order valence-corrected chi connectivity index (χ0v) is 11.6. The minimum Gasteiger partial charge on any atom is -0.313 e. The summed E-state index contributed by atoms with van der Waals surface area (Å²) >= 11 is 0. The van der Waals surface area contributed by atoms with E-state index < -0.39 is 10.7 Å². The van der Waals surface area contributed by atoms with E-state index in [9.17, 15) is 14.5 Å². The highest BCUT2D eigenvalue weighted by Crippen LogP contribution is 2.22. The van der Waals surface area contributed by atoms with E-state index in [1.807, 2.05) is 0 Å². The highest BCUT2D eigenvalue weighted by Gasteiger charge is 2.20. The van der Waals surface area contributed by atoms with E-state index >= 15 is 0 Å². The van der Waals surface area contributed by atoms with E-state index in [1.54, 1.807) is 0 Å². The standard InChI is InChI=1S/C14H21FN2O2/c1-4-7-16-13(10(2)3)8-11-5-6-12(15)9-14(11)17(18)19/h5-6,9-10,13,16H,4,7-8H2,1-3H3. The number of nitro groups is 1. The molecule has 0 aliphatic carbocycles. The summed E-state index contributed by atoms with van der Waals surface area (Å²) in [5.41, 5.74) is 0.442. The normalized spacial score (nSPS) is 12.7. The molecule has 0 fully saturated rings. The van der Waals surface area contributed by atoms with Crippen molar-refractivity contribution >= 4 is 5.69 Å². The molecule has 5 heteroatoms. The Labute approximate surface area is 113 Å². The van der Waals surface area contributed by atoms with Gasteiger partial charge in [0.25, 0.3) is 5.69 Å². The molecule has 0 aliphatic rings. The van der Waals surface area contributed by atoms with Gasteiger partial charge in [-0.2, -0.15) is 0 Å². The van der Waals surface area contributed by atoms with Gasteiger partial charge in [0.2, 0.25) is 0 Å². The van der Waals surface area contributed by atoms with E-state index in [4.69, 9.17) is 0 Å². The summed E-state index contributed by atoms with van der Waals surface area (Å²) in [6.07, 6.45) is 1.54. The molecule has 1 N–H and O–H groups in total. The number of benzene rings is 1. The molecule has 1 aromatic carbocycles. The van der Waals surface area contributed by atoms with Crippen molar-refractivity contribution in [3.8, 4) is 0 Å². The minimum atomic E-state index is -0.571. The van der Waals surface area contributed by atoms with Gasteiger partial charge in [-0.3, -0.25) is 10.1 Å². The zero-order valence-electron chi connectivity index (χ0n) is 11.6. The van der Waals surface area contributed by atoms with Crippen molar-refractivity contribution in [2.75, 3.05) is 6.54 Å². The van der Waals surface area contributed by atoms with Crippen LogP contribution in [0.25, 0.3) is 0 Å². The molecule has 1 rings (SSSR count). The van der Waals surface area contributed by atoms with E-state index in [0.717, 1.165) is 19.0 Å². The van der Waals surface area contributed by atoms with Crippen LogP contribution in [-0.4, -0.2) is 17.5 Å². The molecule has 1 atom stereocenters. The van der Waals surface area contributed by atoms with Crippen molar-refractivity contribution in [3.63, 3.8) is 0 Å². The van der Waals surface area contributed by atoms with Crippen LogP contribution in [0.1, 0.15) is 32.8 Å². The molecule has 0 bridgehead atoms. The van der Waals surface area contributed by atoms with Crippen LogP contribution in [0.5, 0.6) is 0 Å². The average Bonchev–Trinajstić information content (AvgIpc) is 2.35. The lowest BCUT2D eigenvalue weighted by Crippen LogP contribution is -2.36. The van der Waals surface area contributed by atoms with Gasteiger partial charge in [0.15, 0.2) is 0 Å². The molecule has 0 saturated carbocycles. The van der Waals surface area contributed by atoms with Gasteiger partial charge in [0.1, 0.15) is 5.82 Å². The molecule has 1 aromatic rings. The van der Waals surface area contributed by atoms with Crippen LogP contribution in [0.4, 0.5) is 10.1 Å². The Bertz CT molecular complexity index is 435. The van der Waals surface area contributed by atoms with Gasteiger partial charge >= 0.3 is 0 Å². The molecule has 0 heterocycles. The van der Waals surface area contributed by atoms with Gasteiger partial charge in [-0.15, -0.1) is 0 Å². The maximum Gasteiger partial charge on any atom is 0.275 e. The number of nitrogens with one attached hydrogen (secondary N) is 1. The average molecular weight is 268 g/mol. The topological polar surface area (TPSA) is 55.2 Å². The molecular weight excluding hydrogens is 247 g/mol. The molecule has 0 saturated heterocycles.